The van der Waals surface area contributed by atoms with Gasteiger partial charge in [-0.25, -0.2) is 14.4 Å². The number of rotatable bonds is 2. The number of aromatic nitrogens is 4. The van der Waals surface area contributed by atoms with Crippen LogP contribution in [0.1, 0.15) is 0 Å². The summed E-state index contributed by atoms with van der Waals surface area (Å²) in [7, 11) is 0. The van der Waals surface area contributed by atoms with E-state index in [4.69, 9.17) is 27.7 Å². The Kier molecular flexibility index (Phi) is 3.63. The molecule has 4 rings (SSSR count). The molecule has 0 atom stereocenters. The van der Waals surface area contributed by atoms with Gasteiger partial charge in [-0.2, -0.15) is 0 Å². The van der Waals surface area contributed by atoms with Gasteiger partial charge in [0, 0.05) is 29.1 Å². The highest BCUT2D eigenvalue weighted by molar-refractivity contribution is 6.34. The molecule has 0 N–H and O–H groups in total. The van der Waals surface area contributed by atoms with Crippen LogP contribution < -0.4 is 0 Å². The Morgan fingerprint density at radius 3 is 2.67 bits per heavy atom. The van der Waals surface area contributed by atoms with E-state index in [9.17, 15) is 4.39 Å². The van der Waals surface area contributed by atoms with Crippen molar-refractivity contribution in [3.05, 3.63) is 59.0 Å². The molecule has 0 saturated carbocycles. The van der Waals surface area contributed by atoms with Gasteiger partial charge in [-0.3, -0.25) is 4.98 Å². The minimum Gasteiger partial charge on any atom is -0.353 e. The molecule has 0 aliphatic heterocycles. The van der Waals surface area contributed by atoms with Crippen LogP contribution in [0.2, 0.25) is 10.2 Å². The predicted molar refractivity (Wildman–Crippen MR) is 88.2 cm³/mol. The van der Waals surface area contributed by atoms with Gasteiger partial charge in [-0.1, -0.05) is 28.4 Å². The molecule has 0 spiro atoms. The fourth-order valence-corrected chi connectivity index (χ4v) is 2.86. The molecule has 0 amide bonds. The summed E-state index contributed by atoms with van der Waals surface area (Å²) in [6.07, 6.45) is 4.53. The second-order valence-corrected chi connectivity index (χ2v) is 5.68. The highest BCUT2D eigenvalue weighted by atomic mass is 35.5. The lowest BCUT2D eigenvalue weighted by Crippen LogP contribution is -1.88. The average molecular weight is 361 g/mol. The fourth-order valence-electron chi connectivity index (χ4n) is 2.41. The van der Waals surface area contributed by atoms with Gasteiger partial charge < -0.3 is 4.52 Å². The zero-order valence-electron chi connectivity index (χ0n) is 11.9. The van der Waals surface area contributed by atoms with Crippen molar-refractivity contribution in [2.45, 2.75) is 0 Å². The summed E-state index contributed by atoms with van der Waals surface area (Å²) < 4.78 is 18.7. The van der Waals surface area contributed by atoms with E-state index in [1.54, 1.807) is 18.5 Å². The molecule has 3 aromatic heterocycles. The summed E-state index contributed by atoms with van der Waals surface area (Å²) in [6, 6.07) is 5.77. The first-order valence-corrected chi connectivity index (χ1v) is 7.56. The van der Waals surface area contributed by atoms with Gasteiger partial charge in [-0.15, -0.1) is 0 Å². The van der Waals surface area contributed by atoms with Crippen molar-refractivity contribution < 1.29 is 8.91 Å². The van der Waals surface area contributed by atoms with E-state index in [1.807, 2.05) is 0 Å². The van der Waals surface area contributed by atoms with Crippen molar-refractivity contribution in [3.63, 3.8) is 0 Å². The minimum atomic E-state index is -0.432. The number of hydrogen-bond acceptors (Lipinski definition) is 5. The zero-order valence-corrected chi connectivity index (χ0v) is 13.4. The van der Waals surface area contributed by atoms with Crippen LogP contribution in [0.25, 0.3) is 33.5 Å². The molecular formula is C16H7Cl2FN4O. The van der Waals surface area contributed by atoms with Crippen LogP contribution in [0, 0.1) is 5.82 Å². The molecule has 0 radical (unpaired) electrons. The third-order valence-corrected chi connectivity index (χ3v) is 4.11. The normalized spacial score (nSPS) is 11.1. The lowest BCUT2D eigenvalue weighted by atomic mass is 10.1. The first kappa shape index (κ1) is 15.0. The van der Waals surface area contributed by atoms with E-state index in [2.05, 4.69) is 20.1 Å². The van der Waals surface area contributed by atoms with Crippen molar-refractivity contribution >= 4 is 34.3 Å². The molecule has 118 valence electrons. The highest BCUT2D eigenvalue weighted by Crippen LogP contribution is 2.37. The Morgan fingerprint density at radius 2 is 1.88 bits per heavy atom. The van der Waals surface area contributed by atoms with E-state index >= 15 is 0 Å². The maximum Gasteiger partial charge on any atom is 0.193 e. The third kappa shape index (κ3) is 2.40. The smallest absolute Gasteiger partial charge is 0.193 e. The molecule has 3 heterocycles. The van der Waals surface area contributed by atoms with Crippen LogP contribution >= 0.6 is 23.2 Å². The molecule has 0 unspecified atom stereocenters. The molecule has 1 aromatic carbocycles. The van der Waals surface area contributed by atoms with Crippen molar-refractivity contribution in [2.75, 3.05) is 0 Å². The van der Waals surface area contributed by atoms with Crippen LogP contribution in [-0.4, -0.2) is 20.1 Å². The van der Waals surface area contributed by atoms with Gasteiger partial charge in [0.15, 0.2) is 5.58 Å². The van der Waals surface area contributed by atoms with E-state index < -0.39 is 5.82 Å². The number of pyridine rings is 1. The van der Waals surface area contributed by atoms with Crippen molar-refractivity contribution in [2.24, 2.45) is 0 Å². The standard InChI is InChI=1S/C16H7Cl2FN4O/c17-12-5-8(19)1-2-10(12)13-14-15(24-23-13)9(3-4-21-14)11-6-20-7-22-16(11)18/h1-7H. The molecule has 0 aliphatic rings. The fraction of sp³-hybridized carbons (Fsp3) is 0. The van der Waals surface area contributed by atoms with E-state index in [0.717, 1.165) is 0 Å². The largest absolute Gasteiger partial charge is 0.353 e. The average Bonchev–Trinajstić information content (AvgIpc) is 2.99. The SMILES string of the molecule is Fc1ccc(-c2noc3c(-c4cncnc4Cl)ccnc23)c(Cl)c1. The number of hydrogen-bond donors (Lipinski definition) is 0. The number of halogens is 3. The first-order valence-electron chi connectivity index (χ1n) is 6.81. The van der Waals surface area contributed by atoms with Gasteiger partial charge in [-0.05, 0) is 24.3 Å². The van der Waals surface area contributed by atoms with Crippen LogP contribution in [-0.2, 0) is 0 Å². The van der Waals surface area contributed by atoms with Crippen molar-refractivity contribution in [1.29, 1.82) is 0 Å². The highest BCUT2D eigenvalue weighted by Gasteiger charge is 2.19. The topological polar surface area (TPSA) is 64.7 Å². The van der Waals surface area contributed by atoms with Crippen molar-refractivity contribution in [1.82, 2.24) is 20.1 Å². The summed E-state index contributed by atoms with van der Waals surface area (Å²) in [4.78, 5) is 12.2. The Morgan fingerprint density at radius 1 is 1.00 bits per heavy atom. The van der Waals surface area contributed by atoms with Gasteiger partial charge in [0.25, 0.3) is 0 Å². The lowest BCUT2D eigenvalue weighted by Gasteiger charge is -2.03. The summed E-state index contributed by atoms with van der Waals surface area (Å²) >= 11 is 12.2. The third-order valence-electron chi connectivity index (χ3n) is 3.50. The molecule has 0 bridgehead atoms. The van der Waals surface area contributed by atoms with Gasteiger partial charge >= 0.3 is 0 Å². The van der Waals surface area contributed by atoms with E-state index in [1.165, 1.54) is 24.5 Å². The second kappa shape index (κ2) is 5.81. The Labute approximate surface area is 145 Å². The van der Waals surface area contributed by atoms with Gasteiger partial charge in [0.2, 0.25) is 0 Å². The first-order chi connectivity index (χ1) is 11.6. The number of benzene rings is 1. The monoisotopic (exact) mass is 360 g/mol. The Bertz CT molecular complexity index is 1070. The maximum absolute atomic E-state index is 13.3. The van der Waals surface area contributed by atoms with E-state index in [0.29, 0.717) is 33.5 Å². The van der Waals surface area contributed by atoms with Gasteiger partial charge in [0.05, 0.1) is 5.02 Å². The number of fused-ring (bicyclic) bond motifs is 1. The van der Waals surface area contributed by atoms with E-state index in [-0.39, 0.29) is 10.2 Å². The van der Waals surface area contributed by atoms with Crippen LogP contribution in [0.3, 0.4) is 0 Å². The minimum absolute atomic E-state index is 0.221. The molecule has 0 fully saturated rings. The lowest BCUT2D eigenvalue weighted by molar-refractivity contribution is 0.460. The zero-order chi connectivity index (χ0) is 16.7. The molecule has 4 aromatic rings. The van der Waals surface area contributed by atoms with Crippen molar-refractivity contribution in [3.8, 4) is 22.4 Å². The Hall–Kier alpha value is -2.57. The van der Waals surface area contributed by atoms with Crippen LogP contribution in [0.15, 0.2) is 47.5 Å². The summed E-state index contributed by atoms with van der Waals surface area (Å²) in [6.45, 7) is 0. The number of nitrogens with zero attached hydrogens (tertiary/aromatic N) is 4. The summed E-state index contributed by atoms with van der Waals surface area (Å²) in [5.41, 5.74) is 3.11. The molecule has 5 nitrogen and oxygen atoms in total. The second-order valence-electron chi connectivity index (χ2n) is 4.92. The van der Waals surface area contributed by atoms with Gasteiger partial charge in [0.1, 0.15) is 28.5 Å². The van der Waals surface area contributed by atoms with Crippen LogP contribution in [0.5, 0.6) is 0 Å². The summed E-state index contributed by atoms with van der Waals surface area (Å²) in [5.74, 6) is -0.432. The molecule has 0 saturated heterocycles. The Balaban J connectivity index is 1.96. The molecule has 8 heteroatoms. The maximum atomic E-state index is 13.3. The molecular weight excluding hydrogens is 354 g/mol. The predicted octanol–water partition coefficient (Wildman–Crippen LogP) is 4.79. The molecule has 0 aliphatic carbocycles. The molecule has 24 heavy (non-hydrogen) atoms. The quantitative estimate of drug-likeness (QED) is 0.480. The summed E-state index contributed by atoms with van der Waals surface area (Å²) in [5, 5.41) is 4.55. The van der Waals surface area contributed by atoms with Crippen LogP contribution in [0.4, 0.5) is 4.39 Å².